The molecule has 6 aromatic carbocycles. The van der Waals surface area contributed by atoms with Crippen molar-refractivity contribution >= 4 is 34.7 Å². The first-order chi connectivity index (χ1) is 36.0. The lowest BCUT2D eigenvalue weighted by Gasteiger charge is -2.64. The number of aromatic hydroxyl groups is 18. The molecule has 30 heteroatoms. The maximum absolute atomic E-state index is 16.0. The number of ketones is 6. The minimum Gasteiger partial charge on any atom is -0.504 e. The fourth-order valence-corrected chi connectivity index (χ4v) is 8.74. The van der Waals surface area contributed by atoms with Gasteiger partial charge in [0.15, 0.2) is 115 Å². The molecule has 0 spiro atoms. The van der Waals surface area contributed by atoms with Crippen LogP contribution in [0.4, 0.5) is 0 Å². The smallest absolute Gasteiger partial charge is 0.273 e. The van der Waals surface area contributed by atoms with Gasteiger partial charge in [0.1, 0.15) is 0 Å². The molecule has 30 nitrogen and oxygen atoms in total. The molecule has 0 amide bonds. The van der Waals surface area contributed by atoms with E-state index in [1.807, 2.05) is 0 Å². The van der Waals surface area contributed by atoms with Crippen molar-refractivity contribution in [1.82, 2.24) is 0 Å². The van der Waals surface area contributed by atoms with Gasteiger partial charge >= 0.3 is 0 Å². The van der Waals surface area contributed by atoms with E-state index in [4.69, 9.17) is 4.74 Å². The molecule has 0 radical (unpaired) electrons. The Balaban J connectivity index is 1.86. The molecule has 6 aromatic rings. The van der Waals surface area contributed by atoms with Crippen LogP contribution in [0.5, 0.6) is 103 Å². The first-order valence-electron chi connectivity index (χ1n) is 21.1. The van der Waals surface area contributed by atoms with E-state index >= 15 is 24.0 Å². The second-order valence-corrected chi connectivity index (χ2v) is 17.2. The summed E-state index contributed by atoms with van der Waals surface area (Å²) < 4.78 is 5.55. The van der Waals surface area contributed by atoms with E-state index in [0.29, 0.717) is 0 Å². The molecule has 1 saturated heterocycles. The Morgan fingerprint density at radius 2 is 0.500 bits per heavy atom. The van der Waals surface area contributed by atoms with E-state index in [9.17, 15) is 122 Å². The van der Waals surface area contributed by atoms with E-state index in [1.54, 1.807) is 0 Å². The minimum atomic E-state index is -5.99. The summed E-state index contributed by atoms with van der Waals surface area (Å²) in [6, 6.07) is -0.489. The monoisotopic (exact) mass is 1090 g/mol. The Morgan fingerprint density at radius 3 is 0.769 bits per heavy atom. The van der Waals surface area contributed by atoms with Crippen LogP contribution in [0.2, 0.25) is 0 Å². The third-order valence-electron chi connectivity index (χ3n) is 12.7. The molecule has 6 atom stereocenters. The first kappa shape index (κ1) is 55.3. The summed E-state index contributed by atoms with van der Waals surface area (Å²) in [7, 11) is 0. The van der Waals surface area contributed by atoms with Crippen LogP contribution in [0.15, 0.2) is 72.8 Å². The van der Waals surface area contributed by atoms with E-state index in [1.165, 1.54) is 0 Å². The maximum Gasteiger partial charge on any atom is 0.273 e. The zero-order chi connectivity index (χ0) is 58.6. The predicted molar refractivity (Wildman–Crippen MR) is 244 cm³/mol. The average Bonchev–Trinajstić information content (AvgIpc) is 3.38. The molecular weight excluding hydrogens is 1060 g/mol. The highest BCUT2D eigenvalue weighted by atomic mass is 16.7. The number of phenolic OH excluding ortho intramolecular Hbond substituents is 18. The number of Topliss-reactive ketones (excluding diaryl/α,β-unsaturated/α-hetero) is 6. The molecular formula is C48H36O30. The van der Waals surface area contributed by atoms with E-state index < -0.39 is 206 Å². The number of carbonyl (C=O) groups is 6. The van der Waals surface area contributed by atoms with Gasteiger partial charge in [0, 0.05) is 33.4 Å². The van der Waals surface area contributed by atoms with E-state index in [0.717, 1.165) is 0 Å². The van der Waals surface area contributed by atoms with Gasteiger partial charge in [-0.1, -0.05) is 0 Å². The average molecular weight is 1090 g/mol. The lowest BCUT2D eigenvalue weighted by atomic mass is 9.49. The van der Waals surface area contributed by atoms with Crippen molar-refractivity contribution in [3.63, 3.8) is 0 Å². The molecule has 0 bridgehead atoms. The van der Waals surface area contributed by atoms with Crippen molar-refractivity contribution in [2.45, 2.75) is 34.3 Å². The molecule has 0 aliphatic carbocycles. The quantitative estimate of drug-likeness (QED) is 0.0487. The Kier molecular flexibility index (Phi) is 12.8. The van der Waals surface area contributed by atoms with Gasteiger partial charge in [-0.25, -0.2) is 0 Å². The number of phenols is 18. The topological polar surface area (TPSA) is 577 Å². The van der Waals surface area contributed by atoms with Gasteiger partial charge in [0.05, 0.1) is 0 Å². The van der Waals surface area contributed by atoms with Crippen LogP contribution in [0, 0.1) is 0 Å². The second kappa shape index (κ2) is 18.1. The van der Waals surface area contributed by atoms with Crippen LogP contribution >= 0.6 is 0 Å². The van der Waals surface area contributed by atoms with Gasteiger partial charge in [0.2, 0.25) is 51.3 Å². The third-order valence-corrected chi connectivity index (χ3v) is 12.7. The highest BCUT2D eigenvalue weighted by Gasteiger charge is 2.92. The van der Waals surface area contributed by atoms with Crippen molar-refractivity contribution in [2.24, 2.45) is 0 Å². The van der Waals surface area contributed by atoms with Crippen LogP contribution in [0.1, 0.15) is 62.1 Å². The molecule has 78 heavy (non-hydrogen) atoms. The van der Waals surface area contributed by atoms with Gasteiger partial charge in [-0.2, -0.15) is 0 Å². The van der Waals surface area contributed by atoms with Gasteiger partial charge in [0.25, 0.3) is 5.79 Å². The van der Waals surface area contributed by atoms with Crippen molar-refractivity contribution in [2.75, 3.05) is 0 Å². The van der Waals surface area contributed by atoms with Gasteiger partial charge in [-0.05, 0) is 72.8 Å². The maximum atomic E-state index is 16.0. The Morgan fingerprint density at radius 1 is 0.295 bits per heavy atom. The predicted octanol–water partition coefficient (Wildman–Crippen LogP) is -1.00. The summed E-state index contributed by atoms with van der Waals surface area (Å²) in [6.45, 7) is 0. The van der Waals surface area contributed by atoms with Crippen molar-refractivity contribution in [3.8, 4) is 103 Å². The first-order valence-corrected chi connectivity index (χ1v) is 21.1. The van der Waals surface area contributed by atoms with Gasteiger partial charge in [-0.15, -0.1) is 0 Å². The Labute approximate surface area is 428 Å². The van der Waals surface area contributed by atoms with Gasteiger partial charge < -0.3 is 122 Å². The lowest BCUT2D eigenvalue weighted by Crippen LogP contribution is -2.96. The molecule has 1 aliphatic heterocycles. The van der Waals surface area contributed by atoms with Crippen LogP contribution in [-0.4, -0.2) is 186 Å². The van der Waals surface area contributed by atoms with Crippen molar-refractivity contribution in [1.29, 1.82) is 0 Å². The number of hydrogen-bond donors (Lipinski definition) is 23. The van der Waals surface area contributed by atoms with Crippen LogP contribution in [-0.2, 0) is 4.74 Å². The highest BCUT2D eigenvalue weighted by molar-refractivity contribution is 6.26. The number of benzene rings is 6. The third kappa shape index (κ3) is 7.43. The van der Waals surface area contributed by atoms with Gasteiger partial charge in [-0.3, -0.25) is 28.8 Å². The summed E-state index contributed by atoms with van der Waals surface area (Å²) in [5, 5.41) is 256. The summed E-state index contributed by atoms with van der Waals surface area (Å²) >= 11 is 0. The van der Waals surface area contributed by atoms with Crippen LogP contribution in [0.25, 0.3) is 0 Å². The standard InChI is InChI=1S/C48H36O30/c49-19-1-13(2-20(50)32(19)62)31(61)43(73)44(38(68)14-3-21(51)33(63)22(52)4-14)45(74,39(69)15-5-23(53)34(64)24(54)6-15)46(75,40(70)16-7-25(55)35(65)26(56)8-16)47(76,41(71)17-9-27(57)36(66)28(58)10-17)48(77,78-44)42(72)18-11-29(59)37(67)30(60)12-18/h1-12,43,49-60,62-67,73-77H/t43?,44-,45-,46+,47-,48+/m1/s1. The fourth-order valence-electron chi connectivity index (χ4n) is 8.74. The highest BCUT2D eigenvalue weighted by Crippen LogP contribution is 2.61. The summed E-state index contributed by atoms with van der Waals surface area (Å²) in [6.07, 6.45) is -4.39. The Bertz CT molecular complexity index is 3350. The molecule has 408 valence electrons. The number of carbonyl (C=O) groups excluding carboxylic acids is 6. The molecule has 1 aliphatic rings. The summed E-state index contributed by atoms with van der Waals surface area (Å²) in [5.41, 5.74) is -33.6. The molecule has 0 aromatic heterocycles. The largest absolute Gasteiger partial charge is 0.504 e. The normalized spacial score (nSPS) is 22.3. The number of aliphatic hydroxyl groups excluding tert-OH is 1. The summed E-state index contributed by atoms with van der Waals surface area (Å²) in [4.78, 5) is 93.7. The van der Waals surface area contributed by atoms with Crippen LogP contribution in [0.3, 0.4) is 0 Å². The Hall–Kier alpha value is -10.5. The van der Waals surface area contributed by atoms with E-state index in [-0.39, 0.29) is 72.8 Å². The molecule has 23 N–H and O–H groups in total. The SMILES string of the molecule is O=C(c1cc(O)c(O)c(O)c1)C(O)[C@@]1(C(=O)c2cc(O)c(O)c(O)c2)O[C@@](O)(C(=O)c2cc(O)c(O)c(O)c2)[C@@](O)(C(=O)c2cc(O)c(O)c(O)c2)[C@](O)(C(=O)c2cc(O)c(O)c(O)c2)[C@@]1(O)C(=O)c1cc(O)c(O)c(O)c1. The number of hydrogen-bond acceptors (Lipinski definition) is 30. The van der Waals surface area contributed by atoms with Crippen molar-refractivity contribution < 1.29 is 151 Å². The number of aliphatic hydroxyl groups is 5. The second-order valence-electron chi connectivity index (χ2n) is 17.2. The van der Waals surface area contributed by atoms with Crippen LogP contribution < -0.4 is 0 Å². The van der Waals surface area contributed by atoms with E-state index in [2.05, 4.69) is 0 Å². The zero-order valence-electron chi connectivity index (χ0n) is 38.1. The molecule has 1 unspecified atom stereocenters. The van der Waals surface area contributed by atoms with Crippen molar-refractivity contribution in [3.05, 3.63) is 106 Å². The lowest BCUT2D eigenvalue weighted by molar-refractivity contribution is -0.399. The number of rotatable bonds is 13. The molecule has 1 fully saturated rings. The summed E-state index contributed by atoms with van der Waals surface area (Å²) in [5.74, 6) is -52.1. The minimum absolute atomic E-state index is 0.0319. The zero-order valence-corrected chi connectivity index (χ0v) is 38.1. The number of ether oxygens (including phenoxy) is 1. The fraction of sp³-hybridized carbons (Fsp3) is 0.125. The molecule has 0 saturated carbocycles. The molecule has 7 rings (SSSR count). The molecule has 1 heterocycles.